The van der Waals surface area contributed by atoms with Crippen LogP contribution in [0.5, 0.6) is 0 Å². The van der Waals surface area contributed by atoms with E-state index in [0.717, 1.165) is 24.1 Å². The Labute approximate surface area is 116 Å². The van der Waals surface area contributed by atoms with Crippen molar-refractivity contribution in [1.29, 1.82) is 0 Å². The summed E-state index contributed by atoms with van der Waals surface area (Å²) < 4.78 is 0. The van der Waals surface area contributed by atoms with Gasteiger partial charge in [0.1, 0.15) is 0 Å². The maximum atomic E-state index is 11.8. The van der Waals surface area contributed by atoms with Crippen molar-refractivity contribution in [2.45, 2.75) is 45.6 Å². The number of para-hydroxylation sites is 1. The van der Waals surface area contributed by atoms with Crippen LogP contribution in [0.25, 0.3) is 0 Å². The first-order valence-electron chi connectivity index (χ1n) is 6.21. The van der Waals surface area contributed by atoms with Crippen LogP contribution in [-0.2, 0) is 4.79 Å². The Morgan fingerprint density at radius 1 is 1.33 bits per heavy atom. The fraction of sp³-hybridized carbons (Fsp3) is 0.500. The zero-order chi connectivity index (χ0) is 12.8. The van der Waals surface area contributed by atoms with Gasteiger partial charge in [-0.15, -0.1) is 12.4 Å². The monoisotopic (exact) mass is 270 g/mol. The number of amides is 1. The van der Waals surface area contributed by atoms with Crippen molar-refractivity contribution in [3.05, 3.63) is 29.8 Å². The van der Waals surface area contributed by atoms with Gasteiger partial charge in [-0.1, -0.05) is 45.4 Å². The maximum absolute atomic E-state index is 11.8. The molecule has 0 aliphatic heterocycles. The van der Waals surface area contributed by atoms with E-state index >= 15 is 0 Å². The van der Waals surface area contributed by atoms with Crippen molar-refractivity contribution < 1.29 is 4.79 Å². The van der Waals surface area contributed by atoms with Crippen LogP contribution >= 0.6 is 12.4 Å². The van der Waals surface area contributed by atoms with Crippen molar-refractivity contribution in [2.75, 3.05) is 5.32 Å². The minimum Gasteiger partial charge on any atom is -0.324 e. The van der Waals surface area contributed by atoms with E-state index in [0.29, 0.717) is 5.92 Å². The molecule has 1 atom stereocenters. The van der Waals surface area contributed by atoms with E-state index in [1.165, 1.54) is 0 Å². The highest BCUT2D eigenvalue weighted by Gasteiger charge is 2.14. The van der Waals surface area contributed by atoms with Gasteiger partial charge >= 0.3 is 0 Å². The molecular formula is C14H23ClN2O. The van der Waals surface area contributed by atoms with Gasteiger partial charge in [0.15, 0.2) is 0 Å². The molecule has 1 rings (SSSR count). The van der Waals surface area contributed by atoms with Crippen molar-refractivity contribution >= 4 is 24.0 Å². The second-order valence-corrected chi connectivity index (χ2v) is 4.63. The van der Waals surface area contributed by atoms with Gasteiger partial charge < -0.3 is 11.1 Å². The average Bonchev–Trinajstić information content (AvgIpc) is 2.29. The molecule has 1 amide bonds. The quantitative estimate of drug-likeness (QED) is 0.863. The summed E-state index contributed by atoms with van der Waals surface area (Å²) in [4.78, 5) is 11.8. The van der Waals surface area contributed by atoms with E-state index < -0.39 is 6.04 Å². The predicted molar refractivity (Wildman–Crippen MR) is 79.3 cm³/mol. The zero-order valence-electron chi connectivity index (χ0n) is 11.3. The molecule has 1 aromatic carbocycles. The van der Waals surface area contributed by atoms with E-state index in [-0.39, 0.29) is 18.3 Å². The van der Waals surface area contributed by atoms with Gasteiger partial charge in [-0.25, -0.2) is 0 Å². The van der Waals surface area contributed by atoms with E-state index in [9.17, 15) is 4.79 Å². The Kier molecular flexibility index (Phi) is 7.64. The van der Waals surface area contributed by atoms with Crippen LogP contribution in [0.15, 0.2) is 24.3 Å². The minimum absolute atomic E-state index is 0. The van der Waals surface area contributed by atoms with Gasteiger partial charge in [-0.3, -0.25) is 4.79 Å². The van der Waals surface area contributed by atoms with Gasteiger partial charge in [0.2, 0.25) is 5.91 Å². The maximum Gasteiger partial charge on any atom is 0.241 e. The Hall–Kier alpha value is -1.06. The Balaban J connectivity index is 0.00000289. The largest absolute Gasteiger partial charge is 0.324 e. The first-order chi connectivity index (χ1) is 8.06. The number of nitrogens with one attached hydrogen (secondary N) is 1. The molecule has 0 bridgehead atoms. The number of carbonyl (C=O) groups is 1. The number of rotatable bonds is 5. The van der Waals surface area contributed by atoms with Gasteiger partial charge in [0, 0.05) is 5.69 Å². The normalized spacial score (nSPS) is 11.8. The van der Waals surface area contributed by atoms with Crippen LogP contribution in [0.4, 0.5) is 5.69 Å². The Morgan fingerprint density at radius 2 is 1.94 bits per heavy atom. The minimum atomic E-state index is -0.416. The van der Waals surface area contributed by atoms with Gasteiger partial charge in [0.05, 0.1) is 6.04 Å². The lowest BCUT2D eigenvalue weighted by atomic mass is 10.0. The zero-order valence-corrected chi connectivity index (χ0v) is 12.1. The lowest BCUT2D eigenvalue weighted by Crippen LogP contribution is -2.35. The summed E-state index contributed by atoms with van der Waals surface area (Å²) in [7, 11) is 0. The summed E-state index contributed by atoms with van der Waals surface area (Å²) in [5, 5.41) is 2.91. The molecule has 0 aromatic heterocycles. The topological polar surface area (TPSA) is 55.1 Å². The molecule has 1 aromatic rings. The number of halogens is 1. The molecule has 1 unspecified atom stereocenters. The van der Waals surface area contributed by atoms with Crippen LogP contribution in [0.1, 0.15) is 45.1 Å². The first-order valence-corrected chi connectivity index (χ1v) is 6.21. The third kappa shape index (κ3) is 4.67. The summed E-state index contributed by atoms with van der Waals surface area (Å²) >= 11 is 0. The number of nitrogens with two attached hydrogens (primary N) is 1. The predicted octanol–water partition coefficient (Wildman–Crippen LogP) is 3.30. The SMILES string of the molecule is CCCC(N)C(=O)Nc1ccccc1C(C)C.Cl. The fourth-order valence-electron chi connectivity index (χ4n) is 1.78. The van der Waals surface area contributed by atoms with Crippen LogP contribution in [0.2, 0.25) is 0 Å². The van der Waals surface area contributed by atoms with Gasteiger partial charge in [-0.2, -0.15) is 0 Å². The standard InChI is InChI=1S/C14H22N2O.ClH/c1-4-7-12(15)14(17)16-13-9-6-5-8-11(13)10(2)3;/h5-6,8-10,12H,4,7,15H2,1-3H3,(H,16,17);1H. The molecule has 4 heteroatoms. The molecule has 0 saturated heterocycles. The molecule has 3 nitrogen and oxygen atoms in total. The molecular weight excluding hydrogens is 248 g/mol. The number of hydrogen-bond donors (Lipinski definition) is 2. The van der Waals surface area contributed by atoms with Crippen molar-refractivity contribution in [3.8, 4) is 0 Å². The third-order valence-corrected chi connectivity index (χ3v) is 2.78. The summed E-state index contributed by atoms with van der Waals surface area (Å²) in [5.41, 5.74) is 7.81. The van der Waals surface area contributed by atoms with Crippen molar-refractivity contribution in [3.63, 3.8) is 0 Å². The Morgan fingerprint density at radius 3 is 2.50 bits per heavy atom. The number of hydrogen-bond acceptors (Lipinski definition) is 2. The third-order valence-electron chi connectivity index (χ3n) is 2.78. The van der Waals surface area contributed by atoms with E-state index in [2.05, 4.69) is 19.2 Å². The summed E-state index contributed by atoms with van der Waals surface area (Å²) in [6.07, 6.45) is 1.64. The van der Waals surface area contributed by atoms with Crippen molar-refractivity contribution in [1.82, 2.24) is 0 Å². The number of benzene rings is 1. The van der Waals surface area contributed by atoms with E-state index in [4.69, 9.17) is 5.73 Å². The number of anilines is 1. The highest BCUT2D eigenvalue weighted by Crippen LogP contribution is 2.23. The molecule has 0 saturated carbocycles. The highest BCUT2D eigenvalue weighted by molar-refractivity contribution is 5.95. The summed E-state index contributed by atoms with van der Waals surface area (Å²) in [6, 6.07) is 7.45. The van der Waals surface area contributed by atoms with Crippen LogP contribution in [0, 0.1) is 0 Å². The molecule has 0 aliphatic carbocycles. The second kappa shape index (κ2) is 8.11. The molecule has 0 fully saturated rings. The molecule has 0 spiro atoms. The fourth-order valence-corrected chi connectivity index (χ4v) is 1.78. The lowest BCUT2D eigenvalue weighted by molar-refractivity contribution is -0.117. The van der Waals surface area contributed by atoms with E-state index in [1.807, 2.05) is 31.2 Å². The van der Waals surface area contributed by atoms with Gasteiger partial charge in [-0.05, 0) is 24.0 Å². The molecule has 0 aliphatic rings. The molecule has 0 radical (unpaired) electrons. The number of carbonyl (C=O) groups excluding carboxylic acids is 1. The first kappa shape index (κ1) is 16.9. The molecule has 102 valence electrons. The van der Waals surface area contributed by atoms with Crippen LogP contribution < -0.4 is 11.1 Å². The van der Waals surface area contributed by atoms with Crippen LogP contribution in [0.3, 0.4) is 0 Å². The van der Waals surface area contributed by atoms with Gasteiger partial charge in [0.25, 0.3) is 0 Å². The smallest absolute Gasteiger partial charge is 0.241 e. The second-order valence-electron chi connectivity index (χ2n) is 4.63. The molecule has 3 N–H and O–H groups in total. The molecule has 0 heterocycles. The van der Waals surface area contributed by atoms with Crippen molar-refractivity contribution in [2.24, 2.45) is 5.73 Å². The molecule has 18 heavy (non-hydrogen) atoms. The Bertz CT molecular complexity index is 380. The van der Waals surface area contributed by atoms with E-state index in [1.54, 1.807) is 0 Å². The van der Waals surface area contributed by atoms with Crippen LogP contribution in [-0.4, -0.2) is 11.9 Å². The summed E-state index contributed by atoms with van der Waals surface area (Å²) in [6.45, 7) is 6.24. The highest BCUT2D eigenvalue weighted by atomic mass is 35.5. The summed E-state index contributed by atoms with van der Waals surface area (Å²) in [5.74, 6) is 0.286. The average molecular weight is 271 g/mol. The lowest BCUT2D eigenvalue weighted by Gasteiger charge is -2.16.